The zero-order valence-corrected chi connectivity index (χ0v) is 7.87. The van der Waals surface area contributed by atoms with Gasteiger partial charge in [0.05, 0.1) is 11.5 Å². The minimum Gasteiger partial charge on any atom is -0.374 e. The molecule has 0 aliphatic heterocycles. The van der Waals surface area contributed by atoms with Gasteiger partial charge in [0.2, 0.25) is 0 Å². The summed E-state index contributed by atoms with van der Waals surface area (Å²) in [5.74, 6) is 0.566. The van der Waals surface area contributed by atoms with Crippen molar-refractivity contribution in [3.63, 3.8) is 0 Å². The first-order chi connectivity index (χ1) is 4.62. The Kier molecular flexibility index (Phi) is 5.10. The Hall–Kier alpha value is 0.250. The molecule has 2 heteroatoms. The summed E-state index contributed by atoms with van der Waals surface area (Å²) in [7, 11) is 0. The van der Waals surface area contributed by atoms with E-state index in [2.05, 4.69) is 6.92 Å². The Morgan fingerprint density at radius 1 is 1.40 bits per heavy atom. The van der Waals surface area contributed by atoms with Crippen LogP contribution in [0, 0.1) is 0 Å². The molecule has 0 atom stereocenters. The van der Waals surface area contributed by atoms with Crippen molar-refractivity contribution in [1.29, 1.82) is 0 Å². The molecule has 0 aliphatic rings. The highest BCUT2D eigenvalue weighted by atomic mass is 35.5. The molecule has 0 heterocycles. The Morgan fingerprint density at radius 2 is 2.00 bits per heavy atom. The number of rotatable bonds is 5. The van der Waals surface area contributed by atoms with Crippen LogP contribution < -0.4 is 0 Å². The van der Waals surface area contributed by atoms with E-state index >= 15 is 0 Å². The zero-order chi connectivity index (χ0) is 8.04. The summed E-state index contributed by atoms with van der Waals surface area (Å²) >= 11 is 5.65. The summed E-state index contributed by atoms with van der Waals surface area (Å²) in [6.07, 6.45) is 2.30. The van der Waals surface area contributed by atoms with Gasteiger partial charge in [0.1, 0.15) is 0 Å². The molecule has 62 valence electrons. The Labute approximate surface area is 68.7 Å². The first-order valence-corrected chi connectivity index (χ1v) is 4.36. The lowest BCUT2D eigenvalue weighted by Crippen LogP contribution is -2.26. The highest BCUT2D eigenvalue weighted by Gasteiger charge is 2.15. The molecular weight excluding hydrogens is 148 g/mol. The second-order valence-corrected chi connectivity index (χ2v) is 3.36. The Bertz CT molecular complexity index is 81.3. The van der Waals surface area contributed by atoms with Crippen molar-refractivity contribution >= 4 is 11.6 Å². The van der Waals surface area contributed by atoms with Crippen molar-refractivity contribution in [3.8, 4) is 0 Å². The number of alkyl halides is 1. The maximum absolute atomic E-state index is 5.65. The average Bonchev–Trinajstić information content (AvgIpc) is 1.89. The van der Waals surface area contributed by atoms with E-state index in [0.717, 1.165) is 13.0 Å². The van der Waals surface area contributed by atoms with Crippen molar-refractivity contribution in [2.24, 2.45) is 0 Å². The second kappa shape index (κ2) is 4.97. The first kappa shape index (κ1) is 10.2. The highest BCUT2D eigenvalue weighted by molar-refractivity contribution is 6.18. The largest absolute Gasteiger partial charge is 0.374 e. The van der Waals surface area contributed by atoms with E-state index in [1.165, 1.54) is 6.42 Å². The molecule has 0 aromatic heterocycles. The van der Waals surface area contributed by atoms with Crippen molar-refractivity contribution in [1.82, 2.24) is 0 Å². The predicted molar refractivity (Wildman–Crippen MR) is 45.7 cm³/mol. The molecule has 0 rings (SSSR count). The molecule has 0 saturated heterocycles. The molecule has 0 bridgehead atoms. The SMILES string of the molecule is CCCCOC(C)(C)CCl. The van der Waals surface area contributed by atoms with Gasteiger partial charge in [-0.25, -0.2) is 0 Å². The molecule has 0 radical (unpaired) electrons. The van der Waals surface area contributed by atoms with Gasteiger partial charge in [0.25, 0.3) is 0 Å². The fourth-order valence-electron chi connectivity index (χ4n) is 0.531. The van der Waals surface area contributed by atoms with E-state index in [9.17, 15) is 0 Å². The topological polar surface area (TPSA) is 9.23 Å². The van der Waals surface area contributed by atoms with Crippen LogP contribution in [0.25, 0.3) is 0 Å². The quantitative estimate of drug-likeness (QED) is 0.449. The van der Waals surface area contributed by atoms with Gasteiger partial charge in [-0.3, -0.25) is 0 Å². The fraction of sp³-hybridized carbons (Fsp3) is 1.00. The van der Waals surface area contributed by atoms with Gasteiger partial charge in [0, 0.05) is 6.61 Å². The van der Waals surface area contributed by atoms with Crippen molar-refractivity contribution in [3.05, 3.63) is 0 Å². The third-order valence-electron chi connectivity index (χ3n) is 1.31. The number of halogens is 1. The van der Waals surface area contributed by atoms with E-state index in [0.29, 0.717) is 5.88 Å². The van der Waals surface area contributed by atoms with Gasteiger partial charge in [-0.05, 0) is 20.3 Å². The van der Waals surface area contributed by atoms with Gasteiger partial charge in [0.15, 0.2) is 0 Å². The Morgan fingerprint density at radius 3 is 2.40 bits per heavy atom. The second-order valence-electron chi connectivity index (χ2n) is 3.10. The molecule has 0 N–H and O–H groups in total. The van der Waals surface area contributed by atoms with Crippen molar-refractivity contribution in [2.75, 3.05) is 12.5 Å². The summed E-state index contributed by atoms with van der Waals surface area (Å²) in [6, 6.07) is 0. The molecule has 0 aliphatic carbocycles. The lowest BCUT2D eigenvalue weighted by Gasteiger charge is -2.21. The van der Waals surface area contributed by atoms with Crippen LogP contribution in [0.4, 0.5) is 0 Å². The minimum atomic E-state index is -0.142. The van der Waals surface area contributed by atoms with E-state index < -0.39 is 0 Å². The maximum Gasteiger partial charge on any atom is 0.0761 e. The fourth-order valence-corrected chi connectivity index (χ4v) is 0.609. The molecule has 0 amide bonds. The van der Waals surface area contributed by atoms with E-state index in [1.807, 2.05) is 13.8 Å². The van der Waals surface area contributed by atoms with Crippen LogP contribution in [0.3, 0.4) is 0 Å². The number of ether oxygens (including phenoxy) is 1. The minimum absolute atomic E-state index is 0.142. The van der Waals surface area contributed by atoms with Crippen molar-refractivity contribution in [2.45, 2.75) is 39.2 Å². The van der Waals surface area contributed by atoms with Crippen LogP contribution in [0.5, 0.6) is 0 Å². The third kappa shape index (κ3) is 5.07. The van der Waals surface area contributed by atoms with Crippen molar-refractivity contribution < 1.29 is 4.74 Å². The molecule has 0 aromatic carbocycles. The average molecular weight is 165 g/mol. The molecule has 0 saturated carbocycles. The summed E-state index contributed by atoms with van der Waals surface area (Å²) in [4.78, 5) is 0. The van der Waals surface area contributed by atoms with Gasteiger partial charge in [-0.2, -0.15) is 0 Å². The number of hydrogen-bond donors (Lipinski definition) is 0. The molecule has 0 aromatic rings. The van der Waals surface area contributed by atoms with Gasteiger partial charge < -0.3 is 4.74 Å². The van der Waals surface area contributed by atoms with E-state index in [1.54, 1.807) is 0 Å². The molecule has 1 nitrogen and oxygen atoms in total. The van der Waals surface area contributed by atoms with E-state index in [4.69, 9.17) is 16.3 Å². The number of unbranched alkanes of at least 4 members (excludes halogenated alkanes) is 1. The zero-order valence-electron chi connectivity index (χ0n) is 7.11. The van der Waals surface area contributed by atoms with Crippen LogP contribution >= 0.6 is 11.6 Å². The van der Waals surface area contributed by atoms with Crippen LogP contribution in [-0.2, 0) is 4.74 Å². The predicted octanol–water partition coefficient (Wildman–Crippen LogP) is 2.82. The molecule has 10 heavy (non-hydrogen) atoms. The lowest BCUT2D eigenvalue weighted by molar-refractivity contribution is -0.00145. The van der Waals surface area contributed by atoms with Crippen LogP contribution in [0.15, 0.2) is 0 Å². The lowest BCUT2D eigenvalue weighted by atomic mass is 10.2. The third-order valence-corrected chi connectivity index (χ3v) is 1.96. The van der Waals surface area contributed by atoms with Crippen LogP contribution in [0.1, 0.15) is 33.6 Å². The number of hydrogen-bond acceptors (Lipinski definition) is 1. The van der Waals surface area contributed by atoms with Gasteiger partial charge in [-0.15, -0.1) is 11.6 Å². The molecule has 0 fully saturated rings. The van der Waals surface area contributed by atoms with E-state index in [-0.39, 0.29) is 5.60 Å². The summed E-state index contributed by atoms with van der Waals surface area (Å²) in [5.41, 5.74) is -0.142. The summed E-state index contributed by atoms with van der Waals surface area (Å²) in [5, 5.41) is 0. The van der Waals surface area contributed by atoms with Crippen LogP contribution in [-0.4, -0.2) is 18.1 Å². The summed E-state index contributed by atoms with van der Waals surface area (Å²) in [6.45, 7) is 7.00. The normalized spacial score (nSPS) is 12.0. The summed E-state index contributed by atoms with van der Waals surface area (Å²) < 4.78 is 5.49. The molecular formula is C8H17ClO. The molecule has 0 spiro atoms. The smallest absolute Gasteiger partial charge is 0.0761 e. The van der Waals surface area contributed by atoms with Crippen LogP contribution in [0.2, 0.25) is 0 Å². The van der Waals surface area contributed by atoms with Gasteiger partial charge >= 0.3 is 0 Å². The molecule has 0 unspecified atom stereocenters. The maximum atomic E-state index is 5.65. The highest BCUT2D eigenvalue weighted by Crippen LogP contribution is 2.11. The van der Waals surface area contributed by atoms with Gasteiger partial charge in [-0.1, -0.05) is 13.3 Å². The standard InChI is InChI=1S/C8H17ClO/c1-4-5-6-10-8(2,3)7-9/h4-7H2,1-3H3. The monoisotopic (exact) mass is 164 g/mol. The Balaban J connectivity index is 3.28. The first-order valence-electron chi connectivity index (χ1n) is 3.82.